The van der Waals surface area contributed by atoms with Crippen molar-refractivity contribution in [2.75, 3.05) is 23.2 Å². The van der Waals surface area contributed by atoms with Gasteiger partial charge in [-0.15, -0.1) is 0 Å². The standard InChI is InChI=1S/C6H14BrNO2S2/c1-6(4-11-2)3-8-12(9,10)5-7/h6,8H,3-5H2,1-2H3. The average Bonchev–Trinajstić information content (AvgIpc) is 2.02. The maximum Gasteiger partial charge on any atom is 0.221 e. The Labute approximate surface area is 86.9 Å². The highest BCUT2D eigenvalue weighted by atomic mass is 79.9. The van der Waals surface area contributed by atoms with E-state index in [1.807, 2.05) is 13.2 Å². The quantitative estimate of drug-likeness (QED) is 0.743. The molecule has 0 aliphatic rings. The van der Waals surface area contributed by atoms with Crippen molar-refractivity contribution in [3.8, 4) is 0 Å². The smallest absolute Gasteiger partial charge is 0.214 e. The fraction of sp³-hybridized carbons (Fsp3) is 1.00. The van der Waals surface area contributed by atoms with Crippen LogP contribution < -0.4 is 4.72 Å². The topological polar surface area (TPSA) is 46.2 Å². The fourth-order valence-electron chi connectivity index (χ4n) is 0.651. The molecule has 0 radical (unpaired) electrons. The number of halogens is 1. The van der Waals surface area contributed by atoms with E-state index in [-0.39, 0.29) is 4.66 Å². The van der Waals surface area contributed by atoms with Crippen LogP contribution in [0.15, 0.2) is 0 Å². The zero-order valence-electron chi connectivity index (χ0n) is 7.21. The van der Waals surface area contributed by atoms with Crippen molar-refractivity contribution >= 4 is 37.7 Å². The molecule has 0 bridgehead atoms. The van der Waals surface area contributed by atoms with Gasteiger partial charge >= 0.3 is 0 Å². The number of alkyl halides is 1. The SMILES string of the molecule is CSCC(C)CNS(=O)(=O)CBr. The Morgan fingerprint density at radius 2 is 2.17 bits per heavy atom. The van der Waals surface area contributed by atoms with Gasteiger partial charge in [0.2, 0.25) is 10.0 Å². The first kappa shape index (κ1) is 12.7. The summed E-state index contributed by atoms with van der Waals surface area (Å²) in [5.74, 6) is 1.36. The Morgan fingerprint density at radius 3 is 2.58 bits per heavy atom. The number of hydrogen-bond acceptors (Lipinski definition) is 3. The second kappa shape index (κ2) is 6.23. The summed E-state index contributed by atoms with van der Waals surface area (Å²) < 4.78 is 24.4. The van der Waals surface area contributed by atoms with Crippen LogP contribution in [0.2, 0.25) is 0 Å². The molecule has 74 valence electrons. The molecule has 1 unspecified atom stereocenters. The van der Waals surface area contributed by atoms with Crippen LogP contribution in [-0.2, 0) is 10.0 Å². The molecule has 0 aromatic carbocycles. The zero-order chi connectivity index (χ0) is 9.61. The number of nitrogens with one attached hydrogen (secondary N) is 1. The summed E-state index contributed by atoms with van der Waals surface area (Å²) in [6.45, 7) is 2.54. The molecule has 0 fully saturated rings. The lowest BCUT2D eigenvalue weighted by atomic mass is 10.2. The minimum absolute atomic E-state index is 0.0218. The first-order valence-electron chi connectivity index (χ1n) is 3.54. The molecule has 0 saturated carbocycles. The van der Waals surface area contributed by atoms with Crippen LogP contribution in [0.5, 0.6) is 0 Å². The first-order valence-corrected chi connectivity index (χ1v) is 7.71. The van der Waals surface area contributed by atoms with Gasteiger partial charge in [0.15, 0.2) is 0 Å². The van der Waals surface area contributed by atoms with E-state index in [0.717, 1.165) is 5.75 Å². The highest BCUT2D eigenvalue weighted by Crippen LogP contribution is 2.03. The van der Waals surface area contributed by atoms with Gasteiger partial charge in [0, 0.05) is 6.54 Å². The van der Waals surface area contributed by atoms with Gasteiger partial charge in [0.25, 0.3) is 0 Å². The lowest BCUT2D eigenvalue weighted by Crippen LogP contribution is -2.29. The van der Waals surface area contributed by atoms with E-state index >= 15 is 0 Å². The summed E-state index contributed by atoms with van der Waals surface area (Å²) >= 11 is 4.63. The van der Waals surface area contributed by atoms with Crippen LogP contribution >= 0.6 is 27.7 Å². The van der Waals surface area contributed by atoms with Crippen molar-refractivity contribution in [3.63, 3.8) is 0 Å². The van der Waals surface area contributed by atoms with Gasteiger partial charge in [-0.3, -0.25) is 0 Å². The fourth-order valence-corrected chi connectivity index (χ4v) is 2.44. The highest BCUT2D eigenvalue weighted by Gasteiger charge is 2.09. The maximum absolute atomic E-state index is 10.9. The van der Waals surface area contributed by atoms with Crippen LogP contribution in [0.3, 0.4) is 0 Å². The second-order valence-corrected chi connectivity index (χ2v) is 6.65. The van der Waals surface area contributed by atoms with Gasteiger partial charge in [0.05, 0.1) is 0 Å². The lowest BCUT2D eigenvalue weighted by molar-refractivity contribution is 0.567. The summed E-state index contributed by atoms with van der Waals surface area (Å²) in [7, 11) is -3.08. The Hall–Kier alpha value is 0.740. The van der Waals surface area contributed by atoms with E-state index in [2.05, 4.69) is 20.7 Å². The minimum atomic E-state index is -3.08. The molecule has 0 amide bonds. The van der Waals surface area contributed by atoms with E-state index in [9.17, 15) is 8.42 Å². The summed E-state index contributed by atoms with van der Waals surface area (Å²) in [4.78, 5) is 0. The average molecular weight is 276 g/mol. The first-order chi connectivity index (χ1) is 5.52. The van der Waals surface area contributed by atoms with Crippen LogP contribution in [0.25, 0.3) is 0 Å². The predicted octanol–water partition coefficient (Wildman–Crippen LogP) is 1.26. The second-order valence-electron chi connectivity index (χ2n) is 2.63. The Balaban J connectivity index is 3.68. The molecule has 1 atom stereocenters. The number of sulfonamides is 1. The molecule has 0 aromatic heterocycles. The van der Waals surface area contributed by atoms with E-state index in [4.69, 9.17) is 0 Å². The predicted molar refractivity (Wildman–Crippen MR) is 58.3 cm³/mol. The van der Waals surface area contributed by atoms with Crippen LogP contribution in [0, 0.1) is 5.92 Å². The van der Waals surface area contributed by atoms with Crippen molar-refractivity contribution < 1.29 is 8.42 Å². The van der Waals surface area contributed by atoms with E-state index in [1.165, 1.54) is 0 Å². The number of hydrogen-bond donors (Lipinski definition) is 1. The van der Waals surface area contributed by atoms with Crippen LogP contribution in [-0.4, -0.2) is 31.6 Å². The van der Waals surface area contributed by atoms with E-state index in [1.54, 1.807) is 11.8 Å². The van der Waals surface area contributed by atoms with Crippen molar-refractivity contribution in [1.29, 1.82) is 0 Å². The molecule has 6 heteroatoms. The Kier molecular flexibility index (Phi) is 6.62. The van der Waals surface area contributed by atoms with E-state index in [0.29, 0.717) is 12.5 Å². The van der Waals surface area contributed by atoms with Gasteiger partial charge in [-0.25, -0.2) is 13.1 Å². The number of thioether (sulfide) groups is 1. The molecule has 3 nitrogen and oxygen atoms in total. The molecule has 0 aromatic rings. The zero-order valence-corrected chi connectivity index (χ0v) is 10.4. The van der Waals surface area contributed by atoms with E-state index < -0.39 is 10.0 Å². The molecule has 0 aliphatic carbocycles. The number of rotatable bonds is 6. The van der Waals surface area contributed by atoms with Crippen molar-refractivity contribution in [1.82, 2.24) is 4.72 Å². The van der Waals surface area contributed by atoms with Crippen molar-refractivity contribution in [2.24, 2.45) is 5.92 Å². The molecule has 0 aliphatic heterocycles. The summed E-state index contributed by atoms with van der Waals surface area (Å²) in [6, 6.07) is 0. The molecule has 1 N–H and O–H groups in total. The Bertz CT molecular complexity index is 206. The third-order valence-electron chi connectivity index (χ3n) is 1.25. The molecular weight excluding hydrogens is 262 g/mol. The van der Waals surface area contributed by atoms with Crippen LogP contribution in [0.4, 0.5) is 0 Å². The highest BCUT2D eigenvalue weighted by molar-refractivity contribution is 9.10. The Morgan fingerprint density at radius 1 is 1.58 bits per heavy atom. The molecule has 0 heterocycles. The molecular formula is C6H14BrNO2S2. The summed E-state index contributed by atoms with van der Waals surface area (Å²) in [6.07, 6.45) is 2.01. The molecule has 0 saturated heterocycles. The summed E-state index contributed by atoms with van der Waals surface area (Å²) in [5, 5.41) is 0. The van der Waals surface area contributed by atoms with Gasteiger partial charge in [-0.05, 0) is 17.9 Å². The summed E-state index contributed by atoms with van der Waals surface area (Å²) in [5.41, 5.74) is 0. The monoisotopic (exact) mass is 275 g/mol. The molecule has 12 heavy (non-hydrogen) atoms. The molecule has 0 spiro atoms. The minimum Gasteiger partial charge on any atom is -0.214 e. The van der Waals surface area contributed by atoms with Gasteiger partial charge in [0.1, 0.15) is 4.66 Å². The lowest BCUT2D eigenvalue weighted by Gasteiger charge is -2.09. The third-order valence-corrected chi connectivity index (χ3v) is 4.85. The van der Waals surface area contributed by atoms with Crippen molar-refractivity contribution in [3.05, 3.63) is 0 Å². The third kappa shape index (κ3) is 6.28. The largest absolute Gasteiger partial charge is 0.221 e. The van der Waals surface area contributed by atoms with Gasteiger partial charge in [-0.1, -0.05) is 22.9 Å². The molecule has 0 rings (SSSR count). The van der Waals surface area contributed by atoms with Crippen molar-refractivity contribution in [2.45, 2.75) is 6.92 Å². The normalized spacial score (nSPS) is 14.6. The van der Waals surface area contributed by atoms with Gasteiger partial charge in [-0.2, -0.15) is 11.8 Å². The maximum atomic E-state index is 10.9. The van der Waals surface area contributed by atoms with Gasteiger partial charge < -0.3 is 0 Å². The van der Waals surface area contributed by atoms with Crippen LogP contribution in [0.1, 0.15) is 6.92 Å².